The first kappa shape index (κ1) is 19.7. The number of nitrogens with one attached hydrogen (secondary N) is 1. The number of aromatic amines is 1. The Morgan fingerprint density at radius 2 is 1.89 bits per heavy atom. The Hall–Kier alpha value is -1.56. The molecule has 148 valence electrons. The molecule has 1 aliphatic heterocycles. The van der Waals surface area contributed by atoms with E-state index in [1.807, 2.05) is 22.2 Å². The van der Waals surface area contributed by atoms with Gasteiger partial charge in [-0.05, 0) is 35.8 Å². The predicted molar refractivity (Wildman–Crippen MR) is 113 cm³/mol. The van der Waals surface area contributed by atoms with Crippen molar-refractivity contribution in [1.82, 2.24) is 24.0 Å². The lowest BCUT2D eigenvalue weighted by atomic mass is 10.4. The van der Waals surface area contributed by atoms with Crippen LogP contribution in [0.2, 0.25) is 5.02 Å². The Bertz CT molecular complexity index is 1120. The Kier molecular flexibility index (Phi) is 5.68. The van der Waals surface area contributed by atoms with Crippen LogP contribution in [0.25, 0.3) is 10.7 Å². The van der Waals surface area contributed by atoms with Crippen molar-refractivity contribution in [1.29, 1.82) is 0 Å². The molecule has 0 spiro atoms. The number of sulfonamides is 1. The minimum absolute atomic E-state index is 0.154. The van der Waals surface area contributed by atoms with Gasteiger partial charge in [0.15, 0.2) is 5.82 Å². The number of H-pyrrole nitrogens is 1. The molecular weight excluding hydrogens is 438 g/mol. The zero-order valence-electron chi connectivity index (χ0n) is 14.8. The number of hydrogen-bond donors (Lipinski definition) is 1. The molecule has 1 fully saturated rings. The molecule has 1 N–H and O–H groups in total. The molecule has 0 amide bonds. The van der Waals surface area contributed by atoms with E-state index in [1.165, 1.54) is 4.31 Å². The summed E-state index contributed by atoms with van der Waals surface area (Å²) < 4.78 is 29.5. The van der Waals surface area contributed by atoms with E-state index in [4.69, 9.17) is 23.8 Å². The smallest absolute Gasteiger partial charge is 0.244 e. The molecular formula is C17H18ClN5O2S3. The van der Waals surface area contributed by atoms with Gasteiger partial charge >= 0.3 is 0 Å². The van der Waals surface area contributed by atoms with Gasteiger partial charge in [0.1, 0.15) is 4.90 Å². The van der Waals surface area contributed by atoms with E-state index in [-0.39, 0.29) is 9.92 Å². The number of thiophene rings is 1. The fourth-order valence-corrected chi connectivity index (χ4v) is 5.85. The summed E-state index contributed by atoms with van der Waals surface area (Å²) in [4.78, 5) is 7.73. The summed E-state index contributed by atoms with van der Waals surface area (Å²) >= 11 is 13.0. The zero-order valence-corrected chi connectivity index (χ0v) is 18.0. The average Bonchev–Trinajstić information content (AvgIpc) is 3.33. The van der Waals surface area contributed by atoms with Gasteiger partial charge in [0.05, 0.1) is 16.6 Å². The highest BCUT2D eigenvalue weighted by molar-refractivity contribution is 7.89. The highest BCUT2D eigenvalue weighted by Crippen LogP contribution is 2.25. The number of piperazine rings is 1. The van der Waals surface area contributed by atoms with Crippen LogP contribution in [0.3, 0.4) is 0 Å². The SMILES string of the molecule is O=S(=O)(c1ccccc1Cl)N1CCN(Cn2[nH]c(-c3cccs3)nc2=S)CC1. The molecule has 0 unspecified atom stereocenters. The van der Waals surface area contributed by atoms with Crippen molar-refractivity contribution in [2.75, 3.05) is 26.2 Å². The lowest BCUT2D eigenvalue weighted by Gasteiger charge is -2.33. The van der Waals surface area contributed by atoms with Gasteiger partial charge in [-0.3, -0.25) is 10.00 Å². The van der Waals surface area contributed by atoms with Crippen molar-refractivity contribution in [3.63, 3.8) is 0 Å². The van der Waals surface area contributed by atoms with E-state index < -0.39 is 10.0 Å². The Balaban J connectivity index is 1.43. The van der Waals surface area contributed by atoms with Gasteiger partial charge < -0.3 is 0 Å². The summed E-state index contributed by atoms with van der Waals surface area (Å²) in [7, 11) is -3.59. The van der Waals surface area contributed by atoms with Crippen LogP contribution in [0, 0.1) is 4.77 Å². The maximum atomic E-state index is 12.8. The molecule has 28 heavy (non-hydrogen) atoms. The van der Waals surface area contributed by atoms with E-state index in [0.29, 0.717) is 37.6 Å². The summed E-state index contributed by atoms with van der Waals surface area (Å²) in [5.74, 6) is 0.750. The first-order chi connectivity index (χ1) is 13.4. The summed E-state index contributed by atoms with van der Waals surface area (Å²) in [5.41, 5.74) is 0. The first-order valence-corrected chi connectivity index (χ1v) is 11.7. The number of benzene rings is 1. The molecule has 7 nitrogen and oxygen atoms in total. The van der Waals surface area contributed by atoms with Crippen LogP contribution in [0.4, 0.5) is 0 Å². The predicted octanol–water partition coefficient (Wildman–Crippen LogP) is 3.29. The monoisotopic (exact) mass is 455 g/mol. The quantitative estimate of drug-likeness (QED) is 0.597. The Morgan fingerprint density at radius 3 is 2.57 bits per heavy atom. The Morgan fingerprint density at radius 1 is 1.14 bits per heavy atom. The highest BCUT2D eigenvalue weighted by atomic mass is 35.5. The number of halogens is 1. The van der Waals surface area contributed by atoms with Crippen molar-refractivity contribution in [3.8, 4) is 10.7 Å². The van der Waals surface area contributed by atoms with E-state index in [9.17, 15) is 8.42 Å². The molecule has 0 saturated carbocycles. The largest absolute Gasteiger partial charge is 0.282 e. The second kappa shape index (κ2) is 8.05. The minimum Gasteiger partial charge on any atom is -0.282 e. The second-order valence-corrected chi connectivity index (χ2v) is 9.98. The zero-order chi connectivity index (χ0) is 19.7. The van der Waals surface area contributed by atoms with Gasteiger partial charge in [0, 0.05) is 26.2 Å². The fraction of sp³-hybridized carbons (Fsp3) is 0.294. The standard InChI is InChI=1S/C17H18ClN5O2S3/c18-13-4-1-2-6-15(13)28(24,25)22-9-7-21(8-10-22)12-23-17(26)19-16(20-23)14-5-3-11-27-14/h1-6,11H,7-10,12H2,(H,19,20,26). The molecule has 0 bridgehead atoms. The van der Waals surface area contributed by atoms with E-state index in [1.54, 1.807) is 35.6 Å². The van der Waals surface area contributed by atoms with Crippen LogP contribution in [0.15, 0.2) is 46.7 Å². The van der Waals surface area contributed by atoms with Crippen molar-refractivity contribution >= 4 is 45.2 Å². The van der Waals surface area contributed by atoms with Crippen LogP contribution < -0.4 is 0 Å². The van der Waals surface area contributed by atoms with Crippen molar-refractivity contribution in [2.45, 2.75) is 11.6 Å². The molecule has 11 heteroatoms. The lowest BCUT2D eigenvalue weighted by molar-refractivity contribution is 0.145. The molecule has 1 aliphatic rings. The van der Waals surface area contributed by atoms with E-state index >= 15 is 0 Å². The fourth-order valence-electron chi connectivity index (χ4n) is 3.08. The summed E-state index contributed by atoms with van der Waals surface area (Å²) in [6, 6.07) is 10.5. The van der Waals surface area contributed by atoms with Crippen molar-refractivity contribution in [3.05, 3.63) is 51.6 Å². The van der Waals surface area contributed by atoms with Gasteiger partial charge in [0.2, 0.25) is 14.8 Å². The molecule has 3 heterocycles. The third kappa shape index (κ3) is 3.93. The number of hydrogen-bond acceptors (Lipinski definition) is 6. The molecule has 0 atom stereocenters. The molecule has 0 radical (unpaired) electrons. The van der Waals surface area contributed by atoms with Crippen LogP contribution in [0.5, 0.6) is 0 Å². The number of rotatable bonds is 5. The van der Waals surface area contributed by atoms with E-state index in [0.717, 1.165) is 10.7 Å². The van der Waals surface area contributed by atoms with E-state index in [2.05, 4.69) is 15.0 Å². The van der Waals surface area contributed by atoms with Gasteiger partial charge in [-0.25, -0.2) is 13.1 Å². The molecule has 4 rings (SSSR count). The molecule has 2 aromatic heterocycles. The average molecular weight is 456 g/mol. The van der Waals surface area contributed by atoms with Gasteiger partial charge in [-0.2, -0.15) is 9.29 Å². The lowest BCUT2D eigenvalue weighted by Crippen LogP contribution is -2.49. The van der Waals surface area contributed by atoms with Crippen molar-refractivity contribution in [2.24, 2.45) is 0 Å². The maximum Gasteiger partial charge on any atom is 0.244 e. The van der Waals surface area contributed by atoms with Gasteiger partial charge in [-0.15, -0.1) is 11.3 Å². The third-order valence-electron chi connectivity index (χ3n) is 4.56. The summed E-state index contributed by atoms with van der Waals surface area (Å²) in [6.07, 6.45) is 0. The third-order valence-corrected chi connectivity index (χ3v) is 8.15. The molecule has 1 saturated heterocycles. The van der Waals surface area contributed by atoms with Crippen LogP contribution in [0.1, 0.15) is 0 Å². The van der Waals surface area contributed by atoms with Crippen molar-refractivity contribution < 1.29 is 8.42 Å². The summed E-state index contributed by atoms with van der Waals surface area (Å²) in [5, 5.41) is 5.46. The van der Waals surface area contributed by atoms with Gasteiger partial charge in [-0.1, -0.05) is 29.8 Å². The minimum atomic E-state index is -3.59. The topological polar surface area (TPSA) is 74.2 Å². The number of nitrogens with zero attached hydrogens (tertiary/aromatic N) is 4. The van der Waals surface area contributed by atoms with Crippen LogP contribution in [-0.2, 0) is 16.7 Å². The first-order valence-electron chi connectivity index (χ1n) is 8.63. The van der Waals surface area contributed by atoms with Gasteiger partial charge in [0.25, 0.3) is 0 Å². The number of aromatic nitrogens is 3. The summed E-state index contributed by atoms with van der Waals surface area (Å²) in [6.45, 7) is 2.52. The highest BCUT2D eigenvalue weighted by Gasteiger charge is 2.30. The molecule has 3 aromatic rings. The Labute approximate surface area is 177 Å². The van der Waals surface area contributed by atoms with Crippen LogP contribution >= 0.6 is 35.2 Å². The normalized spacial score (nSPS) is 16.5. The maximum absolute atomic E-state index is 12.8. The second-order valence-electron chi connectivity index (χ2n) is 6.35. The van der Waals surface area contributed by atoms with Crippen LogP contribution in [-0.4, -0.2) is 58.6 Å². The molecule has 1 aromatic carbocycles. The molecule has 0 aliphatic carbocycles.